The summed E-state index contributed by atoms with van der Waals surface area (Å²) in [6.45, 7) is 4.34. The highest BCUT2D eigenvalue weighted by Crippen LogP contribution is 2.34. The van der Waals surface area contributed by atoms with Crippen LogP contribution < -0.4 is 20.3 Å². The van der Waals surface area contributed by atoms with Gasteiger partial charge in [0.2, 0.25) is 12.7 Å². The average Bonchev–Trinajstić information content (AvgIpc) is 3.09. The fraction of sp³-hybridized carbons (Fsp3) is 0.389. The molecule has 1 amide bonds. The first-order valence-corrected chi connectivity index (χ1v) is 9.49. The highest BCUT2D eigenvalue weighted by atomic mass is 32.2. The molecule has 2 aliphatic heterocycles. The summed E-state index contributed by atoms with van der Waals surface area (Å²) in [4.78, 5) is 29.9. The Hall–Kier alpha value is -2.48. The SMILES string of the molecule is CCc1c(C)nc2n(c1=O)CC(C(=O)Nc1ccc3c(c1)OCO3)CS2. The fourth-order valence-corrected chi connectivity index (χ4v) is 4.30. The first-order chi connectivity index (χ1) is 12.6. The van der Waals surface area contributed by atoms with Crippen LogP contribution in [0.5, 0.6) is 11.5 Å². The van der Waals surface area contributed by atoms with Crippen LogP contribution in [0.4, 0.5) is 5.69 Å². The van der Waals surface area contributed by atoms with Gasteiger partial charge in [-0.1, -0.05) is 18.7 Å². The summed E-state index contributed by atoms with van der Waals surface area (Å²) in [5, 5.41) is 3.60. The molecule has 4 rings (SSSR count). The first-order valence-electron chi connectivity index (χ1n) is 8.50. The van der Waals surface area contributed by atoms with E-state index in [-0.39, 0.29) is 24.2 Å². The van der Waals surface area contributed by atoms with Crippen molar-refractivity contribution >= 4 is 23.4 Å². The number of ether oxygens (including phenoxy) is 2. The summed E-state index contributed by atoms with van der Waals surface area (Å²) in [7, 11) is 0. The molecule has 0 bridgehead atoms. The van der Waals surface area contributed by atoms with Gasteiger partial charge in [0.1, 0.15) is 0 Å². The highest BCUT2D eigenvalue weighted by molar-refractivity contribution is 7.99. The number of carbonyl (C=O) groups excluding carboxylic acids is 1. The predicted octanol–water partition coefficient (Wildman–Crippen LogP) is 2.20. The molecule has 7 nitrogen and oxygen atoms in total. The minimum absolute atomic E-state index is 0.0388. The molecular weight excluding hydrogens is 354 g/mol. The van der Waals surface area contributed by atoms with Crippen molar-refractivity contribution in [2.24, 2.45) is 5.92 Å². The minimum Gasteiger partial charge on any atom is -0.454 e. The van der Waals surface area contributed by atoms with Crippen LogP contribution in [-0.4, -0.2) is 28.0 Å². The van der Waals surface area contributed by atoms with Gasteiger partial charge in [-0.25, -0.2) is 4.98 Å². The molecule has 1 unspecified atom stereocenters. The van der Waals surface area contributed by atoms with E-state index in [4.69, 9.17) is 9.47 Å². The molecule has 3 heterocycles. The molecule has 0 spiro atoms. The van der Waals surface area contributed by atoms with E-state index >= 15 is 0 Å². The number of nitrogens with zero attached hydrogens (tertiary/aromatic N) is 2. The van der Waals surface area contributed by atoms with Crippen molar-refractivity contribution < 1.29 is 14.3 Å². The highest BCUT2D eigenvalue weighted by Gasteiger charge is 2.28. The maximum Gasteiger partial charge on any atom is 0.257 e. The molecule has 0 aliphatic carbocycles. The van der Waals surface area contributed by atoms with Gasteiger partial charge in [-0.05, 0) is 25.5 Å². The average molecular weight is 373 g/mol. The Bertz CT molecular complexity index is 941. The van der Waals surface area contributed by atoms with Crippen LogP contribution >= 0.6 is 11.8 Å². The van der Waals surface area contributed by atoms with Crippen LogP contribution in [0.2, 0.25) is 0 Å². The van der Waals surface area contributed by atoms with Crippen molar-refractivity contribution in [3.8, 4) is 11.5 Å². The quantitative estimate of drug-likeness (QED) is 0.831. The van der Waals surface area contributed by atoms with Crippen LogP contribution in [0.1, 0.15) is 18.2 Å². The zero-order valence-electron chi connectivity index (χ0n) is 14.6. The van der Waals surface area contributed by atoms with Crippen LogP contribution in [0.25, 0.3) is 0 Å². The summed E-state index contributed by atoms with van der Waals surface area (Å²) in [5.74, 6) is 1.46. The van der Waals surface area contributed by atoms with Gasteiger partial charge in [-0.2, -0.15) is 0 Å². The lowest BCUT2D eigenvalue weighted by Crippen LogP contribution is -2.38. The molecule has 8 heteroatoms. The molecule has 26 heavy (non-hydrogen) atoms. The number of benzene rings is 1. The third kappa shape index (κ3) is 2.94. The van der Waals surface area contributed by atoms with E-state index in [9.17, 15) is 9.59 Å². The summed E-state index contributed by atoms with van der Waals surface area (Å²) in [6.07, 6.45) is 0.636. The number of fused-ring (bicyclic) bond motifs is 2. The Morgan fingerprint density at radius 2 is 2.19 bits per heavy atom. The molecule has 0 fully saturated rings. The molecule has 136 valence electrons. The second kappa shape index (κ2) is 6.68. The Morgan fingerprint density at radius 1 is 1.38 bits per heavy atom. The van der Waals surface area contributed by atoms with Crippen molar-refractivity contribution in [2.75, 3.05) is 17.9 Å². The number of thioether (sulfide) groups is 1. The summed E-state index contributed by atoms with van der Waals surface area (Å²) in [5.41, 5.74) is 2.10. The van der Waals surface area contributed by atoms with E-state index in [0.29, 0.717) is 46.6 Å². The topological polar surface area (TPSA) is 82.5 Å². The summed E-state index contributed by atoms with van der Waals surface area (Å²) >= 11 is 1.45. The Balaban J connectivity index is 1.53. The van der Waals surface area contributed by atoms with E-state index in [0.717, 1.165) is 5.69 Å². The third-order valence-corrected chi connectivity index (χ3v) is 5.75. The van der Waals surface area contributed by atoms with Crippen molar-refractivity contribution in [2.45, 2.75) is 32.0 Å². The van der Waals surface area contributed by atoms with Crippen LogP contribution in [0, 0.1) is 12.8 Å². The second-order valence-electron chi connectivity index (χ2n) is 6.29. The number of hydrogen-bond donors (Lipinski definition) is 1. The number of hydrogen-bond acceptors (Lipinski definition) is 6. The van der Waals surface area contributed by atoms with Gasteiger partial charge in [-0.3, -0.25) is 14.2 Å². The largest absolute Gasteiger partial charge is 0.454 e. The van der Waals surface area contributed by atoms with Gasteiger partial charge in [-0.15, -0.1) is 0 Å². The molecule has 1 aromatic heterocycles. The van der Waals surface area contributed by atoms with Crippen molar-refractivity contribution in [1.82, 2.24) is 9.55 Å². The number of carbonyl (C=O) groups is 1. The van der Waals surface area contributed by atoms with E-state index in [1.165, 1.54) is 11.8 Å². The van der Waals surface area contributed by atoms with E-state index < -0.39 is 0 Å². The zero-order valence-corrected chi connectivity index (χ0v) is 15.4. The molecule has 0 saturated heterocycles. The third-order valence-electron chi connectivity index (χ3n) is 4.62. The van der Waals surface area contributed by atoms with Crippen LogP contribution in [-0.2, 0) is 17.8 Å². The number of nitrogens with one attached hydrogen (secondary N) is 1. The van der Waals surface area contributed by atoms with Gasteiger partial charge in [0.05, 0.1) is 5.92 Å². The molecule has 0 radical (unpaired) electrons. The van der Waals surface area contributed by atoms with Crippen molar-refractivity contribution in [3.05, 3.63) is 39.8 Å². The normalized spacial score (nSPS) is 17.7. The van der Waals surface area contributed by atoms with Gasteiger partial charge < -0.3 is 14.8 Å². The fourth-order valence-electron chi connectivity index (χ4n) is 3.18. The van der Waals surface area contributed by atoms with Gasteiger partial charge in [0.25, 0.3) is 5.56 Å². The Kier molecular flexibility index (Phi) is 4.36. The number of aromatic nitrogens is 2. The maximum atomic E-state index is 12.7. The summed E-state index contributed by atoms with van der Waals surface area (Å²) in [6, 6.07) is 5.30. The monoisotopic (exact) mass is 373 g/mol. The van der Waals surface area contributed by atoms with Crippen molar-refractivity contribution in [3.63, 3.8) is 0 Å². The lowest BCUT2D eigenvalue weighted by atomic mass is 10.1. The maximum absolute atomic E-state index is 12.7. The van der Waals surface area contributed by atoms with E-state index in [1.54, 1.807) is 22.8 Å². The lowest BCUT2D eigenvalue weighted by molar-refractivity contribution is -0.119. The summed E-state index contributed by atoms with van der Waals surface area (Å²) < 4.78 is 12.2. The van der Waals surface area contributed by atoms with Crippen LogP contribution in [0.3, 0.4) is 0 Å². The minimum atomic E-state index is -0.301. The van der Waals surface area contributed by atoms with Crippen LogP contribution in [0.15, 0.2) is 28.2 Å². The molecule has 1 N–H and O–H groups in total. The molecule has 2 aliphatic rings. The zero-order chi connectivity index (χ0) is 18.3. The Morgan fingerprint density at radius 3 is 3.00 bits per heavy atom. The first kappa shape index (κ1) is 17.0. The molecular formula is C18H19N3O4S. The number of rotatable bonds is 3. The van der Waals surface area contributed by atoms with Crippen molar-refractivity contribution in [1.29, 1.82) is 0 Å². The molecule has 1 atom stereocenters. The number of amides is 1. The van der Waals surface area contributed by atoms with Gasteiger partial charge in [0.15, 0.2) is 16.7 Å². The molecule has 0 saturated carbocycles. The number of aryl methyl sites for hydroxylation is 1. The smallest absolute Gasteiger partial charge is 0.257 e. The molecule has 2 aromatic rings. The standard InChI is InChI=1S/C18H19N3O4S/c1-3-13-10(2)19-18-21(17(13)23)7-11(8-26-18)16(22)20-12-4-5-14-15(6-12)25-9-24-14/h4-6,11H,3,7-9H2,1-2H3,(H,20,22). The van der Waals surface area contributed by atoms with Gasteiger partial charge >= 0.3 is 0 Å². The number of anilines is 1. The lowest BCUT2D eigenvalue weighted by Gasteiger charge is -2.25. The predicted molar refractivity (Wildman–Crippen MR) is 98.0 cm³/mol. The van der Waals surface area contributed by atoms with E-state index in [1.807, 2.05) is 13.8 Å². The molecule has 1 aromatic carbocycles. The van der Waals surface area contributed by atoms with Gasteiger partial charge in [0, 0.05) is 35.3 Å². The Labute approximate surface area is 154 Å². The van der Waals surface area contributed by atoms with E-state index in [2.05, 4.69) is 10.3 Å². The second-order valence-corrected chi connectivity index (χ2v) is 7.28.